The van der Waals surface area contributed by atoms with Gasteiger partial charge >= 0.3 is 0 Å². The summed E-state index contributed by atoms with van der Waals surface area (Å²) in [5, 5.41) is 2.64. The molecule has 0 aliphatic heterocycles. The first-order chi connectivity index (χ1) is 9.47. The smallest absolute Gasteiger partial charge is 0.263 e. The van der Waals surface area contributed by atoms with Gasteiger partial charge in [0.25, 0.3) is 6.43 Å². The molecule has 0 radical (unpaired) electrons. The van der Waals surface area contributed by atoms with E-state index in [1.54, 1.807) is 6.07 Å². The van der Waals surface area contributed by atoms with Crippen molar-refractivity contribution in [3.63, 3.8) is 0 Å². The van der Waals surface area contributed by atoms with Crippen LogP contribution in [0.15, 0.2) is 36.4 Å². The first kappa shape index (κ1) is 14.3. The summed E-state index contributed by atoms with van der Waals surface area (Å²) >= 11 is 0. The van der Waals surface area contributed by atoms with Crippen molar-refractivity contribution in [3.05, 3.63) is 65.0 Å². The minimum absolute atomic E-state index is 0.0313. The molecule has 2 rings (SSSR count). The highest BCUT2D eigenvalue weighted by Gasteiger charge is 2.11. The number of anilines is 1. The highest BCUT2D eigenvalue weighted by atomic mass is 19.3. The average molecular weight is 287 g/mol. The first-order valence-corrected chi connectivity index (χ1v) is 5.73. The van der Waals surface area contributed by atoms with Gasteiger partial charge in [-0.1, -0.05) is 18.2 Å². The molecule has 0 aliphatic carbocycles. The van der Waals surface area contributed by atoms with Gasteiger partial charge in [0.1, 0.15) is 0 Å². The Morgan fingerprint density at radius 1 is 0.950 bits per heavy atom. The molecule has 1 nitrogen and oxygen atoms in total. The van der Waals surface area contributed by atoms with E-state index in [1.807, 2.05) is 0 Å². The maximum absolute atomic E-state index is 13.0. The fourth-order valence-electron chi connectivity index (χ4n) is 1.70. The number of halogens is 5. The van der Waals surface area contributed by atoms with Crippen molar-refractivity contribution in [2.24, 2.45) is 0 Å². The van der Waals surface area contributed by atoms with Crippen LogP contribution in [0.2, 0.25) is 0 Å². The van der Waals surface area contributed by atoms with Crippen molar-refractivity contribution in [1.29, 1.82) is 0 Å². The van der Waals surface area contributed by atoms with Gasteiger partial charge in [0.2, 0.25) is 0 Å². The summed E-state index contributed by atoms with van der Waals surface area (Å²) in [6.07, 6.45) is -2.59. The van der Waals surface area contributed by atoms with Gasteiger partial charge in [-0.15, -0.1) is 0 Å². The standard InChI is InChI=1S/C14H10F5N/c15-11-5-10(6-12(16)13(11)17)20-7-8-2-1-3-9(4-8)14(18)19/h1-6,14,20H,7H2. The van der Waals surface area contributed by atoms with Gasteiger partial charge in [-0.3, -0.25) is 0 Å². The summed E-state index contributed by atoms with van der Waals surface area (Å²) in [5.41, 5.74) is 0.414. The van der Waals surface area contributed by atoms with Crippen LogP contribution in [0.5, 0.6) is 0 Å². The van der Waals surface area contributed by atoms with Gasteiger partial charge < -0.3 is 5.32 Å². The van der Waals surface area contributed by atoms with Crippen molar-refractivity contribution in [3.8, 4) is 0 Å². The molecule has 0 unspecified atom stereocenters. The maximum atomic E-state index is 13.0. The van der Waals surface area contributed by atoms with Gasteiger partial charge in [0.15, 0.2) is 17.5 Å². The minimum Gasteiger partial charge on any atom is -0.381 e. The lowest BCUT2D eigenvalue weighted by Gasteiger charge is -2.09. The molecule has 0 aliphatic rings. The van der Waals surface area contributed by atoms with Gasteiger partial charge in [-0.25, -0.2) is 22.0 Å². The van der Waals surface area contributed by atoms with E-state index < -0.39 is 23.9 Å². The Hall–Kier alpha value is -2.11. The zero-order valence-corrected chi connectivity index (χ0v) is 10.1. The Morgan fingerprint density at radius 3 is 2.20 bits per heavy atom. The molecular weight excluding hydrogens is 277 g/mol. The quantitative estimate of drug-likeness (QED) is 0.637. The SMILES string of the molecule is Fc1cc(NCc2cccc(C(F)F)c2)cc(F)c1F. The van der Waals surface area contributed by atoms with E-state index in [2.05, 4.69) is 5.32 Å². The zero-order chi connectivity index (χ0) is 14.7. The molecule has 2 aromatic rings. The molecule has 0 heterocycles. The molecule has 1 N–H and O–H groups in total. The Bertz CT molecular complexity index is 589. The topological polar surface area (TPSA) is 12.0 Å². The monoisotopic (exact) mass is 287 g/mol. The highest BCUT2D eigenvalue weighted by Crippen LogP contribution is 2.21. The lowest BCUT2D eigenvalue weighted by molar-refractivity contribution is 0.151. The molecule has 0 saturated carbocycles. The van der Waals surface area contributed by atoms with E-state index in [4.69, 9.17) is 0 Å². The number of hydrogen-bond donors (Lipinski definition) is 1. The van der Waals surface area contributed by atoms with Crippen LogP contribution in [0.25, 0.3) is 0 Å². The summed E-state index contributed by atoms with van der Waals surface area (Å²) in [6.45, 7) is 0.0884. The molecule has 0 bridgehead atoms. The molecular formula is C14H10F5N. The van der Waals surface area contributed by atoms with Crippen molar-refractivity contribution in [2.45, 2.75) is 13.0 Å². The first-order valence-electron chi connectivity index (χ1n) is 5.73. The summed E-state index contributed by atoms with van der Waals surface area (Å²) < 4.78 is 63.7. The van der Waals surface area contributed by atoms with Crippen LogP contribution in [-0.2, 0) is 6.54 Å². The summed E-state index contributed by atoms with van der Waals surface area (Å²) in [4.78, 5) is 0. The molecule has 0 atom stereocenters. The van der Waals surface area contributed by atoms with Crippen LogP contribution >= 0.6 is 0 Å². The van der Waals surface area contributed by atoms with Crippen LogP contribution < -0.4 is 5.32 Å². The van der Waals surface area contributed by atoms with Crippen molar-refractivity contribution in [1.82, 2.24) is 0 Å². The molecule has 2 aromatic carbocycles. The Kier molecular flexibility index (Phi) is 4.22. The van der Waals surface area contributed by atoms with Crippen LogP contribution in [0.3, 0.4) is 0 Å². The number of nitrogens with one attached hydrogen (secondary N) is 1. The maximum Gasteiger partial charge on any atom is 0.263 e. The molecule has 0 fully saturated rings. The largest absolute Gasteiger partial charge is 0.381 e. The fourth-order valence-corrected chi connectivity index (χ4v) is 1.70. The van der Waals surface area contributed by atoms with Crippen molar-refractivity contribution >= 4 is 5.69 Å². The minimum atomic E-state index is -2.59. The lowest BCUT2D eigenvalue weighted by Crippen LogP contribution is -2.02. The molecule has 0 amide bonds. The van der Waals surface area contributed by atoms with Gasteiger partial charge in [0, 0.05) is 29.9 Å². The normalized spacial score (nSPS) is 10.9. The van der Waals surface area contributed by atoms with E-state index >= 15 is 0 Å². The van der Waals surface area contributed by atoms with E-state index in [1.165, 1.54) is 18.2 Å². The molecule has 20 heavy (non-hydrogen) atoms. The molecule has 0 aromatic heterocycles. The predicted molar refractivity (Wildman–Crippen MR) is 65.0 cm³/mol. The third-order valence-electron chi connectivity index (χ3n) is 2.68. The molecule has 6 heteroatoms. The van der Waals surface area contributed by atoms with E-state index in [9.17, 15) is 22.0 Å². The predicted octanol–water partition coefficient (Wildman–Crippen LogP) is 4.65. The van der Waals surface area contributed by atoms with Crippen LogP contribution in [0.4, 0.5) is 27.6 Å². The summed E-state index contributed by atoms with van der Waals surface area (Å²) in [6, 6.07) is 7.23. The van der Waals surface area contributed by atoms with Crippen molar-refractivity contribution < 1.29 is 22.0 Å². The van der Waals surface area contributed by atoms with Crippen LogP contribution in [0, 0.1) is 17.5 Å². The highest BCUT2D eigenvalue weighted by molar-refractivity contribution is 5.45. The Labute approximate surface area is 112 Å². The second kappa shape index (κ2) is 5.90. The van der Waals surface area contributed by atoms with Crippen LogP contribution in [0.1, 0.15) is 17.6 Å². The average Bonchev–Trinajstić information content (AvgIpc) is 2.42. The van der Waals surface area contributed by atoms with Gasteiger partial charge in [-0.2, -0.15) is 0 Å². The van der Waals surface area contributed by atoms with E-state index in [0.29, 0.717) is 5.56 Å². The van der Waals surface area contributed by atoms with E-state index in [0.717, 1.165) is 12.1 Å². The van der Waals surface area contributed by atoms with Gasteiger partial charge in [-0.05, 0) is 11.6 Å². The third kappa shape index (κ3) is 3.26. The Morgan fingerprint density at radius 2 is 1.60 bits per heavy atom. The van der Waals surface area contributed by atoms with Crippen LogP contribution in [-0.4, -0.2) is 0 Å². The second-order valence-electron chi connectivity index (χ2n) is 4.15. The molecule has 106 valence electrons. The van der Waals surface area contributed by atoms with E-state index in [-0.39, 0.29) is 17.8 Å². The second-order valence-corrected chi connectivity index (χ2v) is 4.15. The number of hydrogen-bond acceptors (Lipinski definition) is 1. The van der Waals surface area contributed by atoms with Crippen molar-refractivity contribution in [2.75, 3.05) is 5.32 Å². The zero-order valence-electron chi connectivity index (χ0n) is 10.1. The third-order valence-corrected chi connectivity index (χ3v) is 2.68. The fraction of sp³-hybridized carbons (Fsp3) is 0.143. The Balaban J connectivity index is 2.11. The number of benzene rings is 2. The number of rotatable bonds is 4. The molecule has 0 spiro atoms. The molecule has 0 saturated heterocycles. The number of alkyl halides is 2. The lowest BCUT2D eigenvalue weighted by atomic mass is 10.1. The summed E-state index contributed by atoms with van der Waals surface area (Å²) in [5.74, 6) is -4.17. The summed E-state index contributed by atoms with van der Waals surface area (Å²) in [7, 11) is 0. The van der Waals surface area contributed by atoms with Gasteiger partial charge in [0.05, 0.1) is 0 Å².